The third-order valence-corrected chi connectivity index (χ3v) is 2.51. The van der Waals surface area contributed by atoms with Gasteiger partial charge in [-0.15, -0.1) is 0 Å². The molecule has 0 aromatic heterocycles. The number of unbranched alkanes of at least 4 members (excludes halogenated alkanes) is 2. The van der Waals surface area contributed by atoms with Gasteiger partial charge >= 0.3 is 5.97 Å². The van der Waals surface area contributed by atoms with Crippen molar-refractivity contribution < 1.29 is 9.53 Å². The first-order chi connectivity index (χ1) is 8.84. The molecule has 0 saturated heterocycles. The highest BCUT2D eigenvalue weighted by Gasteiger charge is 2.04. The van der Waals surface area contributed by atoms with Gasteiger partial charge in [0.1, 0.15) is 0 Å². The molecular formula is C15H21NO2. The van der Waals surface area contributed by atoms with Crippen molar-refractivity contribution in [1.29, 1.82) is 0 Å². The number of aliphatic imine (C=N–C) groups is 1. The predicted octanol–water partition coefficient (Wildman–Crippen LogP) is 3.49. The normalized spacial score (nSPS) is 10.7. The molecule has 0 aliphatic rings. The van der Waals surface area contributed by atoms with Crippen LogP contribution in [-0.2, 0) is 4.74 Å². The van der Waals surface area contributed by atoms with Crippen molar-refractivity contribution in [2.45, 2.75) is 32.6 Å². The second kappa shape index (κ2) is 9.40. The maximum atomic E-state index is 11.6. The van der Waals surface area contributed by atoms with E-state index in [4.69, 9.17) is 4.74 Å². The molecular weight excluding hydrogens is 226 g/mol. The zero-order valence-corrected chi connectivity index (χ0v) is 11.0. The number of rotatable bonds is 8. The number of nitrogens with zero attached hydrogens (tertiary/aromatic N) is 1. The van der Waals surface area contributed by atoms with Crippen LogP contribution in [0.1, 0.15) is 43.0 Å². The lowest BCUT2D eigenvalue weighted by Gasteiger charge is -2.02. The van der Waals surface area contributed by atoms with Crippen molar-refractivity contribution >= 4 is 12.2 Å². The van der Waals surface area contributed by atoms with Crippen LogP contribution in [-0.4, -0.2) is 25.3 Å². The van der Waals surface area contributed by atoms with Gasteiger partial charge in [-0.1, -0.05) is 38.0 Å². The highest BCUT2D eigenvalue weighted by atomic mass is 16.5. The lowest BCUT2D eigenvalue weighted by Crippen LogP contribution is -2.06. The monoisotopic (exact) mass is 247 g/mol. The molecule has 0 fully saturated rings. The Morgan fingerprint density at radius 3 is 2.78 bits per heavy atom. The number of hydrogen-bond donors (Lipinski definition) is 0. The Hall–Kier alpha value is -1.64. The third-order valence-electron chi connectivity index (χ3n) is 2.51. The molecule has 0 aliphatic carbocycles. The molecule has 1 aromatic carbocycles. The standard InChI is InChI=1S/C15H21NO2/c1-2-3-7-11-16-12-8-13-18-15(17)14-9-5-4-6-10-14/h4-6,9-10,12H,2-3,7-8,11,13H2,1H3. The quantitative estimate of drug-likeness (QED) is 0.400. The lowest BCUT2D eigenvalue weighted by molar-refractivity contribution is 0.0516. The van der Waals surface area contributed by atoms with Gasteiger partial charge in [0.25, 0.3) is 0 Å². The minimum absolute atomic E-state index is 0.269. The van der Waals surface area contributed by atoms with Crippen LogP contribution in [0.2, 0.25) is 0 Å². The van der Waals surface area contributed by atoms with Gasteiger partial charge in [-0.05, 0) is 18.6 Å². The molecule has 0 atom stereocenters. The van der Waals surface area contributed by atoms with Crippen LogP contribution in [0, 0.1) is 0 Å². The summed E-state index contributed by atoms with van der Waals surface area (Å²) >= 11 is 0. The zero-order valence-electron chi connectivity index (χ0n) is 11.0. The summed E-state index contributed by atoms with van der Waals surface area (Å²) in [4.78, 5) is 15.8. The zero-order chi connectivity index (χ0) is 13.1. The Labute approximate surface area is 109 Å². The van der Waals surface area contributed by atoms with Crippen LogP contribution in [0.25, 0.3) is 0 Å². The van der Waals surface area contributed by atoms with Gasteiger partial charge in [0.05, 0.1) is 12.2 Å². The van der Waals surface area contributed by atoms with Gasteiger partial charge in [0.15, 0.2) is 0 Å². The summed E-state index contributed by atoms with van der Waals surface area (Å²) in [6.07, 6.45) is 6.10. The molecule has 0 saturated carbocycles. The van der Waals surface area contributed by atoms with E-state index in [0.29, 0.717) is 18.6 Å². The first kappa shape index (κ1) is 14.4. The molecule has 0 heterocycles. The van der Waals surface area contributed by atoms with Crippen LogP contribution < -0.4 is 0 Å². The molecule has 3 heteroatoms. The van der Waals surface area contributed by atoms with Crippen LogP contribution in [0.4, 0.5) is 0 Å². The molecule has 0 unspecified atom stereocenters. The minimum atomic E-state index is -0.269. The van der Waals surface area contributed by atoms with Gasteiger partial charge in [-0.2, -0.15) is 0 Å². The van der Waals surface area contributed by atoms with Crippen molar-refractivity contribution in [2.75, 3.05) is 13.2 Å². The Kier molecular flexibility index (Phi) is 7.53. The summed E-state index contributed by atoms with van der Waals surface area (Å²) < 4.78 is 5.13. The van der Waals surface area contributed by atoms with E-state index < -0.39 is 0 Å². The van der Waals surface area contributed by atoms with E-state index in [9.17, 15) is 4.79 Å². The van der Waals surface area contributed by atoms with E-state index >= 15 is 0 Å². The van der Waals surface area contributed by atoms with Gasteiger partial charge < -0.3 is 4.74 Å². The fourth-order valence-electron chi connectivity index (χ4n) is 1.50. The van der Waals surface area contributed by atoms with Crippen molar-refractivity contribution in [1.82, 2.24) is 0 Å². The fraction of sp³-hybridized carbons (Fsp3) is 0.467. The van der Waals surface area contributed by atoms with Gasteiger partial charge in [-0.25, -0.2) is 4.79 Å². The molecule has 98 valence electrons. The van der Waals surface area contributed by atoms with Gasteiger partial charge in [-0.3, -0.25) is 4.99 Å². The highest BCUT2D eigenvalue weighted by Crippen LogP contribution is 2.01. The van der Waals surface area contributed by atoms with Crippen LogP contribution in [0.5, 0.6) is 0 Å². The molecule has 0 amide bonds. The van der Waals surface area contributed by atoms with E-state index in [-0.39, 0.29) is 5.97 Å². The summed E-state index contributed by atoms with van der Waals surface area (Å²) in [7, 11) is 0. The summed E-state index contributed by atoms with van der Waals surface area (Å²) in [6.45, 7) is 3.44. The molecule has 0 N–H and O–H groups in total. The first-order valence-electron chi connectivity index (χ1n) is 6.55. The van der Waals surface area contributed by atoms with Crippen molar-refractivity contribution in [3.8, 4) is 0 Å². The Morgan fingerprint density at radius 1 is 1.28 bits per heavy atom. The van der Waals surface area contributed by atoms with Gasteiger partial charge in [0, 0.05) is 19.2 Å². The number of esters is 1. The second-order valence-electron chi connectivity index (χ2n) is 4.09. The minimum Gasteiger partial charge on any atom is -0.462 e. The van der Waals surface area contributed by atoms with Crippen LogP contribution in [0.15, 0.2) is 35.3 Å². The van der Waals surface area contributed by atoms with E-state index in [1.807, 2.05) is 24.4 Å². The van der Waals surface area contributed by atoms with Crippen molar-refractivity contribution in [3.63, 3.8) is 0 Å². The van der Waals surface area contributed by atoms with Crippen molar-refractivity contribution in [2.24, 2.45) is 4.99 Å². The average molecular weight is 247 g/mol. The summed E-state index contributed by atoms with van der Waals surface area (Å²) in [5.41, 5.74) is 0.595. The first-order valence-corrected chi connectivity index (χ1v) is 6.55. The molecule has 0 spiro atoms. The highest BCUT2D eigenvalue weighted by molar-refractivity contribution is 5.89. The fourth-order valence-corrected chi connectivity index (χ4v) is 1.50. The summed E-state index contributed by atoms with van der Waals surface area (Å²) in [5, 5.41) is 0. The van der Waals surface area contributed by atoms with E-state index in [2.05, 4.69) is 11.9 Å². The van der Waals surface area contributed by atoms with E-state index in [1.165, 1.54) is 12.8 Å². The maximum Gasteiger partial charge on any atom is 0.338 e. The largest absolute Gasteiger partial charge is 0.462 e. The topological polar surface area (TPSA) is 38.7 Å². The molecule has 3 nitrogen and oxygen atoms in total. The molecule has 0 aliphatic heterocycles. The molecule has 1 aromatic rings. The number of carbonyl (C=O) groups is 1. The molecule has 1 rings (SSSR count). The third kappa shape index (κ3) is 6.18. The maximum absolute atomic E-state index is 11.6. The molecule has 0 bridgehead atoms. The predicted molar refractivity (Wildman–Crippen MR) is 74.2 cm³/mol. The van der Waals surface area contributed by atoms with E-state index in [1.54, 1.807) is 12.1 Å². The number of ether oxygens (including phenoxy) is 1. The number of benzene rings is 1. The lowest BCUT2D eigenvalue weighted by atomic mass is 10.2. The van der Waals surface area contributed by atoms with Gasteiger partial charge in [0.2, 0.25) is 0 Å². The molecule has 18 heavy (non-hydrogen) atoms. The van der Waals surface area contributed by atoms with Crippen molar-refractivity contribution in [3.05, 3.63) is 35.9 Å². The Balaban J connectivity index is 2.09. The Morgan fingerprint density at radius 2 is 2.06 bits per heavy atom. The number of hydrogen-bond acceptors (Lipinski definition) is 3. The molecule has 0 radical (unpaired) electrons. The van der Waals surface area contributed by atoms with Crippen LogP contribution >= 0.6 is 0 Å². The summed E-state index contributed by atoms with van der Waals surface area (Å²) in [6, 6.07) is 9.03. The Bertz CT molecular complexity index is 360. The average Bonchev–Trinajstić information content (AvgIpc) is 2.42. The van der Waals surface area contributed by atoms with Crippen LogP contribution in [0.3, 0.4) is 0 Å². The SMILES string of the molecule is CCCCCN=CCCOC(=O)c1ccccc1. The second-order valence-corrected chi connectivity index (χ2v) is 4.09. The summed E-state index contributed by atoms with van der Waals surface area (Å²) in [5.74, 6) is -0.269. The number of carbonyl (C=O) groups excluding carboxylic acids is 1. The smallest absolute Gasteiger partial charge is 0.338 e. The van der Waals surface area contributed by atoms with E-state index in [0.717, 1.165) is 13.0 Å².